The molecule has 0 fully saturated rings. The molecule has 2 aromatic rings. The number of amidine groups is 1. The van der Waals surface area contributed by atoms with Crippen molar-refractivity contribution >= 4 is 57.6 Å². The minimum absolute atomic E-state index is 0.133. The summed E-state index contributed by atoms with van der Waals surface area (Å²) in [5, 5.41) is 7.13. The summed E-state index contributed by atoms with van der Waals surface area (Å²) in [5.41, 5.74) is 9.85. The SMILES string of the molecule is CC1=C(C(N)=O)[C@@H](c2cccc(Cl)c2Cl)N=C(SCC(=O)Nc2cc(C)ccc2C)N1. The molecule has 162 valence electrons. The average Bonchev–Trinajstić information content (AvgIpc) is 2.70. The van der Waals surface area contributed by atoms with Gasteiger partial charge in [0, 0.05) is 16.9 Å². The predicted molar refractivity (Wildman–Crippen MR) is 129 cm³/mol. The monoisotopic (exact) mass is 476 g/mol. The van der Waals surface area contributed by atoms with E-state index in [2.05, 4.69) is 15.6 Å². The van der Waals surface area contributed by atoms with Crippen molar-refractivity contribution in [2.45, 2.75) is 26.8 Å². The van der Waals surface area contributed by atoms with Gasteiger partial charge in [0.15, 0.2) is 5.17 Å². The lowest BCUT2D eigenvalue weighted by atomic mass is 9.96. The van der Waals surface area contributed by atoms with E-state index in [1.807, 2.05) is 32.0 Å². The fourth-order valence-electron chi connectivity index (χ4n) is 3.19. The summed E-state index contributed by atoms with van der Waals surface area (Å²) < 4.78 is 0. The summed E-state index contributed by atoms with van der Waals surface area (Å²) in [6, 6.07) is 10.3. The second kappa shape index (κ2) is 9.77. The number of benzene rings is 2. The Bertz CT molecular complexity index is 1110. The van der Waals surface area contributed by atoms with E-state index in [1.165, 1.54) is 11.8 Å². The zero-order valence-electron chi connectivity index (χ0n) is 17.3. The number of nitrogens with one attached hydrogen (secondary N) is 2. The van der Waals surface area contributed by atoms with Gasteiger partial charge in [0.05, 0.1) is 21.4 Å². The molecule has 0 saturated heterocycles. The number of primary amides is 1. The Kier molecular flexibility index (Phi) is 7.30. The molecule has 0 radical (unpaired) electrons. The van der Waals surface area contributed by atoms with Gasteiger partial charge in [-0.15, -0.1) is 0 Å². The third kappa shape index (κ3) is 5.42. The zero-order chi connectivity index (χ0) is 22.7. The number of hydrogen-bond donors (Lipinski definition) is 3. The third-order valence-electron chi connectivity index (χ3n) is 4.77. The van der Waals surface area contributed by atoms with Crippen LogP contribution in [0.15, 0.2) is 52.7 Å². The summed E-state index contributed by atoms with van der Waals surface area (Å²) in [4.78, 5) is 29.2. The lowest BCUT2D eigenvalue weighted by Crippen LogP contribution is -2.33. The van der Waals surface area contributed by atoms with Gasteiger partial charge in [-0.3, -0.25) is 9.59 Å². The number of aliphatic imine (C=N–C) groups is 1. The molecule has 1 aliphatic rings. The van der Waals surface area contributed by atoms with Crippen LogP contribution in [0.5, 0.6) is 0 Å². The van der Waals surface area contributed by atoms with Gasteiger partial charge in [0.25, 0.3) is 0 Å². The van der Waals surface area contributed by atoms with Gasteiger partial charge in [-0.2, -0.15) is 0 Å². The molecule has 0 spiro atoms. The van der Waals surface area contributed by atoms with Crippen LogP contribution in [0.25, 0.3) is 0 Å². The maximum Gasteiger partial charge on any atom is 0.248 e. The number of rotatable bonds is 5. The molecule has 1 heterocycles. The number of thioether (sulfide) groups is 1. The van der Waals surface area contributed by atoms with Crippen LogP contribution >= 0.6 is 35.0 Å². The standard InChI is InChI=1S/C22H22Cl2N4O2S/c1-11-7-8-12(2)16(9-11)27-17(29)10-31-22-26-13(3)18(21(25)30)20(28-22)14-5-4-6-15(23)19(14)24/h4-9,20H,10H2,1-3H3,(H2,25,30)(H,26,28)(H,27,29)/t20-/m1/s1. The molecule has 0 aromatic heterocycles. The molecule has 4 N–H and O–H groups in total. The third-order valence-corrected chi connectivity index (χ3v) is 6.49. The number of halogens is 2. The van der Waals surface area contributed by atoms with E-state index < -0.39 is 11.9 Å². The highest BCUT2D eigenvalue weighted by Crippen LogP contribution is 2.38. The number of hydrogen-bond acceptors (Lipinski definition) is 5. The molecule has 3 rings (SSSR count). The van der Waals surface area contributed by atoms with Gasteiger partial charge in [-0.05, 0) is 44.0 Å². The number of allylic oxidation sites excluding steroid dienone is 1. The predicted octanol–water partition coefficient (Wildman–Crippen LogP) is 4.74. The lowest BCUT2D eigenvalue weighted by Gasteiger charge is -2.26. The van der Waals surface area contributed by atoms with E-state index in [-0.39, 0.29) is 11.7 Å². The number of carbonyl (C=O) groups is 2. The number of amides is 2. The maximum atomic E-state index is 12.5. The molecule has 31 heavy (non-hydrogen) atoms. The van der Waals surface area contributed by atoms with E-state index in [0.29, 0.717) is 32.0 Å². The zero-order valence-corrected chi connectivity index (χ0v) is 19.6. The topological polar surface area (TPSA) is 96.6 Å². The number of anilines is 1. The van der Waals surface area contributed by atoms with Crippen LogP contribution in [-0.4, -0.2) is 22.7 Å². The van der Waals surface area contributed by atoms with Crippen molar-refractivity contribution in [3.63, 3.8) is 0 Å². The minimum atomic E-state index is -0.713. The van der Waals surface area contributed by atoms with E-state index in [0.717, 1.165) is 16.8 Å². The number of carbonyl (C=O) groups excluding carboxylic acids is 2. The Hall–Kier alpha value is -2.48. The van der Waals surface area contributed by atoms with Gasteiger partial charge in [-0.25, -0.2) is 4.99 Å². The number of aryl methyl sites for hydroxylation is 2. The molecule has 2 aromatic carbocycles. The molecular weight excluding hydrogens is 455 g/mol. The quantitative estimate of drug-likeness (QED) is 0.580. The summed E-state index contributed by atoms with van der Waals surface area (Å²) in [7, 11) is 0. The number of nitrogens with zero attached hydrogens (tertiary/aromatic N) is 1. The molecule has 0 aliphatic carbocycles. The lowest BCUT2D eigenvalue weighted by molar-refractivity contribution is -0.115. The van der Waals surface area contributed by atoms with Crippen LogP contribution in [0, 0.1) is 13.8 Å². The Balaban J connectivity index is 1.80. The average molecular weight is 477 g/mol. The van der Waals surface area contributed by atoms with Crippen molar-refractivity contribution in [3.8, 4) is 0 Å². The fourth-order valence-corrected chi connectivity index (χ4v) is 4.34. The van der Waals surface area contributed by atoms with Crippen LogP contribution in [-0.2, 0) is 9.59 Å². The van der Waals surface area contributed by atoms with Gasteiger partial charge in [0.1, 0.15) is 6.04 Å². The summed E-state index contributed by atoms with van der Waals surface area (Å²) in [6.45, 7) is 5.64. The van der Waals surface area contributed by atoms with Crippen LogP contribution < -0.4 is 16.4 Å². The largest absolute Gasteiger partial charge is 0.366 e. The van der Waals surface area contributed by atoms with Gasteiger partial charge in [0.2, 0.25) is 11.8 Å². The van der Waals surface area contributed by atoms with Gasteiger partial charge >= 0.3 is 0 Å². The summed E-state index contributed by atoms with van der Waals surface area (Å²) in [6.07, 6.45) is 0. The van der Waals surface area contributed by atoms with Crippen LogP contribution in [0.3, 0.4) is 0 Å². The molecule has 1 atom stereocenters. The molecule has 0 bridgehead atoms. The second-order valence-corrected chi connectivity index (χ2v) is 8.91. The summed E-state index contributed by atoms with van der Waals surface area (Å²) >= 11 is 13.7. The minimum Gasteiger partial charge on any atom is -0.366 e. The molecule has 0 unspecified atom stereocenters. The maximum absolute atomic E-state index is 12.5. The van der Waals surface area contributed by atoms with Crippen molar-refractivity contribution in [1.29, 1.82) is 0 Å². The molecule has 9 heteroatoms. The molecular formula is C22H22Cl2N4O2S. The highest BCUT2D eigenvalue weighted by atomic mass is 35.5. The Morgan fingerprint density at radius 2 is 1.94 bits per heavy atom. The molecule has 6 nitrogen and oxygen atoms in total. The first-order valence-corrected chi connectivity index (χ1v) is 11.2. The molecule has 0 saturated carbocycles. The first kappa shape index (κ1) is 23.2. The van der Waals surface area contributed by atoms with Gasteiger partial charge < -0.3 is 16.4 Å². The molecule has 2 amide bonds. The first-order chi connectivity index (χ1) is 14.7. The normalized spacial score (nSPS) is 15.9. The van der Waals surface area contributed by atoms with Gasteiger partial charge in [-0.1, -0.05) is 59.2 Å². The highest BCUT2D eigenvalue weighted by molar-refractivity contribution is 8.14. The van der Waals surface area contributed by atoms with E-state index >= 15 is 0 Å². The van der Waals surface area contributed by atoms with Crippen LogP contribution in [0.2, 0.25) is 10.0 Å². The number of nitrogens with two attached hydrogens (primary N) is 1. The van der Waals surface area contributed by atoms with E-state index in [1.54, 1.807) is 25.1 Å². The van der Waals surface area contributed by atoms with Crippen molar-refractivity contribution in [2.24, 2.45) is 10.7 Å². The molecule has 1 aliphatic heterocycles. The van der Waals surface area contributed by atoms with Crippen molar-refractivity contribution in [3.05, 3.63) is 74.4 Å². The van der Waals surface area contributed by atoms with Crippen LogP contribution in [0.1, 0.15) is 29.7 Å². The van der Waals surface area contributed by atoms with Crippen molar-refractivity contribution in [1.82, 2.24) is 5.32 Å². The van der Waals surface area contributed by atoms with Crippen molar-refractivity contribution in [2.75, 3.05) is 11.1 Å². The van der Waals surface area contributed by atoms with E-state index in [4.69, 9.17) is 28.9 Å². The van der Waals surface area contributed by atoms with E-state index in [9.17, 15) is 9.59 Å². The second-order valence-electron chi connectivity index (χ2n) is 7.16. The smallest absolute Gasteiger partial charge is 0.248 e. The Labute approximate surface area is 195 Å². The summed E-state index contributed by atoms with van der Waals surface area (Å²) in [5.74, 6) is -0.636. The first-order valence-electron chi connectivity index (χ1n) is 9.46. The Morgan fingerprint density at radius 1 is 1.19 bits per heavy atom. The fraction of sp³-hybridized carbons (Fsp3) is 0.227. The van der Waals surface area contributed by atoms with Crippen LogP contribution in [0.4, 0.5) is 5.69 Å². The van der Waals surface area contributed by atoms with Crippen molar-refractivity contribution < 1.29 is 9.59 Å². The Morgan fingerprint density at radius 3 is 2.65 bits per heavy atom. The highest BCUT2D eigenvalue weighted by Gasteiger charge is 2.30.